The van der Waals surface area contributed by atoms with Crippen molar-refractivity contribution in [1.82, 2.24) is 10.2 Å². The number of rotatable bonds is 10. The molecular formula is C18H30N2O2. The lowest BCUT2D eigenvalue weighted by Crippen LogP contribution is -2.27. The number of ether oxygens (including phenoxy) is 2. The highest BCUT2D eigenvalue weighted by atomic mass is 16.5. The van der Waals surface area contributed by atoms with E-state index in [1.807, 2.05) is 0 Å². The molecule has 1 aromatic carbocycles. The number of aryl methyl sites for hydroxylation is 1. The molecule has 0 bridgehead atoms. The second-order valence-corrected chi connectivity index (χ2v) is 6.32. The molecule has 0 saturated carbocycles. The van der Waals surface area contributed by atoms with Crippen molar-refractivity contribution < 1.29 is 9.47 Å². The Morgan fingerprint density at radius 2 is 1.77 bits per heavy atom. The van der Waals surface area contributed by atoms with E-state index >= 15 is 0 Å². The van der Waals surface area contributed by atoms with E-state index in [0.717, 1.165) is 39.4 Å². The minimum Gasteiger partial charge on any atom is -0.378 e. The molecule has 1 aliphatic rings. The summed E-state index contributed by atoms with van der Waals surface area (Å²) in [6, 6.07) is 7.28. The van der Waals surface area contributed by atoms with Gasteiger partial charge in [0, 0.05) is 32.2 Å². The van der Waals surface area contributed by atoms with E-state index in [4.69, 9.17) is 9.47 Å². The van der Waals surface area contributed by atoms with Crippen LogP contribution in [0.4, 0.5) is 0 Å². The number of nitrogens with one attached hydrogen (secondary N) is 1. The van der Waals surface area contributed by atoms with Gasteiger partial charge in [-0.3, -0.25) is 4.90 Å². The molecule has 124 valence electrons. The van der Waals surface area contributed by atoms with Gasteiger partial charge < -0.3 is 14.8 Å². The van der Waals surface area contributed by atoms with Crippen LogP contribution in [0.2, 0.25) is 0 Å². The minimum atomic E-state index is 0.522. The maximum Gasteiger partial charge on any atom is 0.0701 e. The van der Waals surface area contributed by atoms with Gasteiger partial charge in [-0.15, -0.1) is 0 Å². The van der Waals surface area contributed by atoms with Crippen molar-refractivity contribution >= 4 is 0 Å². The van der Waals surface area contributed by atoms with Crippen LogP contribution in [-0.4, -0.2) is 50.5 Å². The molecule has 22 heavy (non-hydrogen) atoms. The number of nitrogens with zero attached hydrogens (tertiary/aromatic N) is 1. The van der Waals surface area contributed by atoms with E-state index in [9.17, 15) is 0 Å². The molecule has 4 heteroatoms. The summed E-state index contributed by atoms with van der Waals surface area (Å²) in [6.07, 6.45) is 0. The molecule has 2 rings (SSSR count). The SMILES string of the molecule is Cc1ccc2c(c1)CN(CCOCCOCCNC(C)C)C2. The fourth-order valence-corrected chi connectivity index (χ4v) is 2.69. The highest BCUT2D eigenvalue weighted by molar-refractivity contribution is 5.34. The van der Waals surface area contributed by atoms with Gasteiger partial charge >= 0.3 is 0 Å². The number of benzene rings is 1. The van der Waals surface area contributed by atoms with Crippen molar-refractivity contribution in [2.75, 3.05) is 39.5 Å². The Balaban J connectivity index is 1.47. The maximum atomic E-state index is 5.66. The van der Waals surface area contributed by atoms with Gasteiger partial charge in [0.15, 0.2) is 0 Å². The summed E-state index contributed by atoms with van der Waals surface area (Å²) in [5, 5.41) is 3.32. The van der Waals surface area contributed by atoms with Crippen LogP contribution in [-0.2, 0) is 22.6 Å². The Morgan fingerprint density at radius 3 is 2.55 bits per heavy atom. The fourth-order valence-electron chi connectivity index (χ4n) is 2.69. The predicted molar refractivity (Wildman–Crippen MR) is 90.1 cm³/mol. The summed E-state index contributed by atoms with van der Waals surface area (Å²) in [5.74, 6) is 0. The van der Waals surface area contributed by atoms with Crippen LogP contribution in [0.1, 0.15) is 30.5 Å². The zero-order valence-electron chi connectivity index (χ0n) is 14.2. The van der Waals surface area contributed by atoms with Gasteiger partial charge in [-0.25, -0.2) is 0 Å². The Bertz CT molecular complexity index is 449. The monoisotopic (exact) mass is 306 g/mol. The van der Waals surface area contributed by atoms with Gasteiger partial charge in [0.2, 0.25) is 0 Å². The summed E-state index contributed by atoms with van der Waals surface area (Å²) >= 11 is 0. The Kier molecular flexibility index (Phi) is 7.33. The molecule has 0 aromatic heterocycles. The van der Waals surface area contributed by atoms with Gasteiger partial charge in [0.1, 0.15) is 0 Å². The molecule has 0 atom stereocenters. The summed E-state index contributed by atoms with van der Waals surface area (Å²) in [5.41, 5.74) is 4.29. The smallest absolute Gasteiger partial charge is 0.0701 e. The lowest BCUT2D eigenvalue weighted by molar-refractivity contribution is 0.0388. The van der Waals surface area contributed by atoms with Crippen LogP contribution in [0.5, 0.6) is 0 Å². The molecule has 0 radical (unpaired) electrons. The van der Waals surface area contributed by atoms with Crippen molar-refractivity contribution in [1.29, 1.82) is 0 Å². The van der Waals surface area contributed by atoms with Crippen molar-refractivity contribution in [3.8, 4) is 0 Å². The Hall–Kier alpha value is -0.940. The molecule has 4 nitrogen and oxygen atoms in total. The van der Waals surface area contributed by atoms with Crippen molar-refractivity contribution in [3.63, 3.8) is 0 Å². The van der Waals surface area contributed by atoms with Gasteiger partial charge in [0.05, 0.1) is 26.4 Å². The quantitative estimate of drug-likeness (QED) is 0.673. The van der Waals surface area contributed by atoms with Crippen LogP contribution in [0.15, 0.2) is 18.2 Å². The minimum absolute atomic E-state index is 0.522. The third kappa shape index (κ3) is 6.05. The lowest BCUT2D eigenvalue weighted by Gasteiger charge is -2.14. The van der Waals surface area contributed by atoms with Crippen LogP contribution in [0.3, 0.4) is 0 Å². The third-order valence-corrected chi connectivity index (χ3v) is 3.87. The van der Waals surface area contributed by atoms with E-state index in [1.54, 1.807) is 0 Å². The van der Waals surface area contributed by atoms with Crippen LogP contribution >= 0.6 is 0 Å². The normalized spacial score (nSPS) is 14.7. The summed E-state index contributed by atoms with van der Waals surface area (Å²) in [6.45, 7) is 13.3. The van der Waals surface area contributed by atoms with E-state index in [0.29, 0.717) is 19.3 Å². The predicted octanol–water partition coefficient (Wildman–Crippen LogP) is 2.34. The first-order chi connectivity index (χ1) is 10.6. The molecule has 0 aliphatic carbocycles. The summed E-state index contributed by atoms with van der Waals surface area (Å²) in [4.78, 5) is 2.44. The first-order valence-corrected chi connectivity index (χ1v) is 8.35. The number of hydrogen-bond acceptors (Lipinski definition) is 4. The molecule has 0 fully saturated rings. The van der Waals surface area contributed by atoms with Gasteiger partial charge in [0.25, 0.3) is 0 Å². The molecule has 1 aromatic rings. The topological polar surface area (TPSA) is 33.7 Å². The molecule has 0 spiro atoms. The molecule has 0 amide bonds. The van der Waals surface area contributed by atoms with Crippen molar-refractivity contribution in [3.05, 3.63) is 34.9 Å². The second-order valence-electron chi connectivity index (χ2n) is 6.32. The molecule has 0 saturated heterocycles. The van der Waals surface area contributed by atoms with Gasteiger partial charge in [-0.1, -0.05) is 37.6 Å². The average Bonchev–Trinajstić information content (AvgIpc) is 2.87. The highest BCUT2D eigenvalue weighted by Gasteiger charge is 2.17. The number of fused-ring (bicyclic) bond motifs is 1. The maximum absolute atomic E-state index is 5.66. The molecule has 1 heterocycles. The van der Waals surface area contributed by atoms with E-state index in [1.165, 1.54) is 16.7 Å². The van der Waals surface area contributed by atoms with E-state index in [2.05, 4.69) is 49.2 Å². The van der Waals surface area contributed by atoms with Crippen LogP contribution in [0.25, 0.3) is 0 Å². The second kappa shape index (κ2) is 9.26. The molecule has 1 aliphatic heterocycles. The van der Waals surface area contributed by atoms with Crippen molar-refractivity contribution in [2.24, 2.45) is 0 Å². The van der Waals surface area contributed by atoms with Crippen molar-refractivity contribution in [2.45, 2.75) is 39.9 Å². The largest absolute Gasteiger partial charge is 0.378 e. The van der Waals surface area contributed by atoms with E-state index < -0.39 is 0 Å². The lowest BCUT2D eigenvalue weighted by atomic mass is 10.1. The fraction of sp³-hybridized carbons (Fsp3) is 0.667. The molecular weight excluding hydrogens is 276 g/mol. The average molecular weight is 306 g/mol. The van der Waals surface area contributed by atoms with Gasteiger partial charge in [-0.2, -0.15) is 0 Å². The zero-order chi connectivity index (χ0) is 15.8. The van der Waals surface area contributed by atoms with E-state index in [-0.39, 0.29) is 0 Å². The van der Waals surface area contributed by atoms with Crippen LogP contribution < -0.4 is 5.32 Å². The third-order valence-electron chi connectivity index (χ3n) is 3.87. The molecule has 1 N–H and O–H groups in total. The Labute approximate surface area is 134 Å². The number of hydrogen-bond donors (Lipinski definition) is 1. The summed E-state index contributed by atoms with van der Waals surface area (Å²) < 4.78 is 11.2. The standard InChI is InChI=1S/C18H30N2O2/c1-15(2)19-6-8-21-10-11-22-9-7-20-13-17-5-4-16(3)12-18(17)14-20/h4-5,12,15,19H,6-11,13-14H2,1-3H3. The first-order valence-electron chi connectivity index (χ1n) is 8.35. The first kappa shape index (κ1) is 17.4. The Morgan fingerprint density at radius 1 is 1.05 bits per heavy atom. The highest BCUT2D eigenvalue weighted by Crippen LogP contribution is 2.23. The van der Waals surface area contributed by atoms with Crippen LogP contribution in [0, 0.1) is 6.92 Å². The van der Waals surface area contributed by atoms with Gasteiger partial charge in [-0.05, 0) is 18.1 Å². The zero-order valence-corrected chi connectivity index (χ0v) is 14.2. The summed E-state index contributed by atoms with van der Waals surface area (Å²) in [7, 11) is 0. The molecule has 0 unspecified atom stereocenters.